The quantitative estimate of drug-likeness (QED) is 0.150. The summed E-state index contributed by atoms with van der Waals surface area (Å²) in [5.74, 6) is -0.738. The van der Waals surface area contributed by atoms with Crippen LogP contribution in [-0.4, -0.2) is 50.9 Å². The Hall–Kier alpha value is -3.76. The molecule has 5 rings (SSSR count). The van der Waals surface area contributed by atoms with Crippen LogP contribution >= 0.6 is 34.8 Å². The van der Waals surface area contributed by atoms with Crippen molar-refractivity contribution in [2.24, 2.45) is 0 Å². The number of ether oxygens (including phenoxy) is 1. The number of carbonyl (C=O) groups excluding carboxylic acids is 2. The van der Waals surface area contributed by atoms with E-state index in [9.17, 15) is 18.0 Å². The molecule has 0 bridgehead atoms. The van der Waals surface area contributed by atoms with Gasteiger partial charge in [0.05, 0.1) is 27.7 Å². The summed E-state index contributed by atoms with van der Waals surface area (Å²) in [6.45, 7) is -0.700. The van der Waals surface area contributed by atoms with Crippen LogP contribution in [0.1, 0.15) is 43.2 Å². The molecular weight excluding hydrogens is 705 g/mol. The van der Waals surface area contributed by atoms with Gasteiger partial charge in [-0.1, -0.05) is 109 Å². The molecule has 0 spiro atoms. The molecule has 258 valence electrons. The smallest absolute Gasteiger partial charge is 0.264 e. The zero-order valence-electron chi connectivity index (χ0n) is 27.0. The lowest BCUT2D eigenvalue weighted by Crippen LogP contribution is -2.55. The summed E-state index contributed by atoms with van der Waals surface area (Å²) in [6, 6.07) is 25.7. The molecule has 49 heavy (non-hydrogen) atoms. The van der Waals surface area contributed by atoms with Crippen LogP contribution in [-0.2, 0) is 32.6 Å². The molecule has 1 atom stereocenters. The molecule has 12 heteroatoms. The number of carbonyl (C=O) groups is 2. The van der Waals surface area contributed by atoms with Crippen molar-refractivity contribution in [1.82, 2.24) is 10.2 Å². The van der Waals surface area contributed by atoms with Gasteiger partial charge in [0, 0.05) is 24.0 Å². The lowest BCUT2D eigenvalue weighted by molar-refractivity contribution is -0.140. The van der Waals surface area contributed by atoms with Crippen LogP contribution in [0.5, 0.6) is 5.75 Å². The molecule has 0 aliphatic heterocycles. The third kappa shape index (κ3) is 9.28. The van der Waals surface area contributed by atoms with Gasteiger partial charge in [0.15, 0.2) is 0 Å². The van der Waals surface area contributed by atoms with E-state index in [2.05, 4.69) is 5.32 Å². The lowest BCUT2D eigenvalue weighted by atomic mass is 9.94. The van der Waals surface area contributed by atoms with Crippen LogP contribution in [0.2, 0.25) is 15.1 Å². The first-order chi connectivity index (χ1) is 23.6. The topological polar surface area (TPSA) is 96.0 Å². The van der Waals surface area contributed by atoms with Gasteiger partial charge in [-0.3, -0.25) is 13.9 Å². The Kier molecular flexibility index (Phi) is 12.5. The molecule has 4 aromatic rings. The Morgan fingerprint density at radius 1 is 0.837 bits per heavy atom. The zero-order chi connectivity index (χ0) is 35.0. The fraction of sp³-hybridized carbons (Fsp3) is 0.297. The molecular formula is C37H38Cl3N3O5S. The van der Waals surface area contributed by atoms with E-state index >= 15 is 0 Å². The van der Waals surface area contributed by atoms with Crippen LogP contribution in [0.25, 0.3) is 0 Å². The van der Waals surface area contributed by atoms with Crippen molar-refractivity contribution in [2.75, 3.05) is 18.0 Å². The van der Waals surface area contributed by atoms with Crippen molar-refractivity contribution < 1.29 is 22.7 Å². The van der Waals surface area contributed by atoms with Crippen LogP contribution in [0.3, 0.4) is 0 Å². The standard InChI is InChI=1S/C37H38Cl3N3O5S/c1-48-35-20-18-28(38)23-33(35)43(49(46,47)30-15-9-4-10-16-30)25-36(44)42(24-27-17-19-31(39)32(40)21-27)34(22-26-11-5-2-6-12-26)37(45)41-29-13-7-3-8-14-29/h2,4-6,9-12,15-21,23,29,34H,3,7-8,13-14,22,24-25H2,1H3,(H,41,45)/t34-/m0/s1. The van der Waals surface area contributed by atoms with Gasteiger partial charge in [-0.2, -0.15) is 0 Å². The van der Waals surface area contributed by atoms with E-state index in [0.717, 1.165) is 42.0 Å². The maximum atomic E-state index is 14.8. The highest BCUT2D eigenvalue weighted by Gasteiger charge is 2.36. The van der Waals surface area contributed by atoms with Crippen molar-refractivity contribution >= 4 is 62.3 Å². The summed E-state index contributed by atoms with van der Waals surface area (Å²) in [7, 11) is -2.93. The Bertz CT molecular complexity index is 1860. The monoisotopic (exact) mass is 741 g/mol. The minimum atomic E-state index is -4.34. The average Bonchev–Trinajstić information content (AvgIpc) is 3.11. The van der Waals surface area contributed by atoms with Crippen LogP contribution in [0.4, 0.5) is 5.69 Å². The molecule has 4 aromatic carbocycles. The van der Waals surface area contributed by atoms with Gasteiger partial charge in [0.1, 0.15) is 18.3 Å². The molecule has 1 aliphatic rings. The van der Waals surface area contributed by atoms with E-state index in [1.807, 2.05) is 30.3 Å². The molecule has 2 amide bonds. The fourth-order valence-corrected chi connectivity index (χ4v) is 7.95. The van der Waals surface area contributed by atoms with E-state index in [4.69, 9.17) is 39.5 Å². The second-order valence-electron chi connectivity index (χ2n) is 12.0. The Morgan fingerprint density at radius 2 is 1.51 bits per heavy atom. The van der Waals surface area contributed by atoms with Crippen LogP contribution < -0.4 is 14.4 Å². The number of hydrogen-bond donors (Lipinski definition) is 1. The first-order valence-corrected chi connectivity index (χ1v) is 18.6. The fourth-order valence-electron chi connectivity index (χ4n) is 6.02. The van der Waals surface area contributed by atoms with Gasteiger partial charge in [0.25, 0.3) is 10.0 Å². The summed E-state index contributed by atoms with van der Waals surface area (Å²) in [5, 5.41) is 4.07. The number of hydrogen-bond acceptors (Lipinski definition) is 5. The van der Waals surface area contributed by atoms with E-state index in [1.54, 1.807) is 48.5 Å². The van der Waals surface area contributed by atoms with E-state index in [0.29, 0.717) is 10.6 Å². The number of halogens is 3. The maximum absolute atomic E-state index is 14.8. The molecule has 0 aromatic heterocycles. The SMILES string of the molecule is COc1ccc(Cl)cc1N(CC(=O)N(Cc1ccc(Cl)c(Cl)c1)[C@@H](Cc1ccccc1)C(=O)NC1CCCCC1)S(=O)(=O)c1ccccc1. The predicted octanol–water partition coefficient (Wildman–Crippen LogP) is 7.94. The van der Waals surface area contributed by atoms with Gasteiger partial charge in [-0.05, 0) is 66.4 Å². The Balaban J connectivity index is 1.61. The minimum absolute atomic E-state index is 0.0212. The normalized spacial score (nSPS) is 14.1. The number of sulfonamides is 1. The second kappa shape index (κ2) is 16.8. The first-order valence-electron chi connectivity index (χ1n) is 16.1. The molecule has 0 heterocycles. The largest absolute Gasteiger partial charge is 0.495 e. The maximum Gasteiger partial charge on any atom is 0.264 e. The number of nitrogens with zero attached hydrogens (tertiary/aromatic N) is 2. The zero-order valence-corrected chi connectivity index (χ0v) is 30.1. The molecule has 1 fully saturated rings. The molecule has 0 unspecified atom stereocenters. The molecule has 8 nitrogen and oxygen atoms in total. The average molecular weight is 743 g/mol. The number of amides is 2. The summed E-state index contributed by atoms with van der Waals surface area (Å²) >= 11 is 19.0. The predicted molar refractivity (Wildman–Crippen MR) is 195 cm³/mol. The summed E-state index contributed by atoms with van der Waals surface area (Å²) in [5.41, 5.74) is 1.53. The Labute approximate surface area is 303 Å². The number of methoxy groups -OCH3 is 1. The molecule has 1 aliphatic carbocycles. The number of nitrogens with one attached hydrogen (secondary N) is 1. The molecule has 1 N–H and O–H groups in total. The van der Waals surface area contributed by atoms with Crippen LogP contribution in [0, 0.1) is 0 Å². The highest BCUT2D eigenvalue weighted by atomic mass is 35.5. The van der Waals surface area contributed by atoms with E-state index in [1.165, 1.54) is 30.2 Å². The highest BCUT2D eigenvalue weighted by Crippen LogP contribution is 2.35. The second-order valence-corrected chi connectivity index (χ2v) is 15.1. The third-order valence-electron chi connectivity index (χ3n) is 8.58. The summed E-state index contributed by atoms with van der Waals surface area (Å²) in [6.07, 6.45) is 5.02. The first kappa shape index (κ1) is 36.5. The van der Waals surface area contributed by atoms with Crippen molar-refractivity contribution in [3.05, 3.63) is 123 Å². The summed E-state index contributed by atoms with van der Waals surface area (Å²) < 4.78 is 35.2. The Morgan fingerprint density at radius 3 is 2.16 bits per heavy atom. The summed E-state index contributed by atoms with van der Waals surface area (Å²) in [4.78, 5) is 30.4. The molecule has 1 saturated carbocycles. The van der Waals surface area contributed by atoms with E-state index < -0.39 is 28.5 Å². The number of benzene rings is 4. The van der Waals surface area contributed by atoms with E-state index in [-0.39, 0.29) is 51.3 Å². The van der Waals surface area contributed by atoms with Crippen molar-refractivity contribution in [3.8, 4) is 5.75 Å². The lowest BCUT2D eigenvalue weighted by Gasteiger charge is -2.35. The molecule has 0 saturated heterocycles. The third-order valence-corrected chi connectivity index (χ3v) is 11.3. The molecule has 0 radical (unpaired) electrons. The van der Waals surface area contributed by atoms with Gasteiger partial charge < -0.3 is 15.0 Å². The van der Waals surface area contributed by atoms with Gasteiger partial charge in [-0.25, -0.2) is 8.42 Å². The van der Waals surface area contributed by atoms with Crippen molar-refractivity contribution in [1.29, 1.82) is 0 Å². The minimum Gasteiger partial charge on any atom is -0.495 e. The van der Waals surface area contributed by atoms with Crippen molar-refractivity contribution in [2.45, 2.75) is 62.0 Å². The van der Waals surface area contributed by atoms with Gasteiger partial charge in [0.2, 0.25) is 11.8 Å². The van der Waals surface area contributed by atoms with Crippen molar-refractivity contribution in [3.63, 3.8) is 0 Å². The van der Waals surface area contributed by atoms with Gasteiger partial charge in [-0.15, -0.1) is 0 Å². The van der Waals surface area contributed by atoms with Gasteiger partial charge >= 0.3 is 0 Å². The number of anilines is 1. The highest BCUT2D eigenvalue weighted by molar-refractivity contribution is 7.92. The van der Waals surface area contributed by atoms with Crippen LogP contribution in [0.15, 0.2) is 102 Å². The number of rotatable bonds is 13.